The first-order valence-electron chi connectivity index (χ1n) is 11.1. The standard InChI is InChI=1S/C23H27ClN6OS/c1-17-6-7-19(24)15-20(17)27-11-13-28(14-12-27)21(31)18-5-4-10-30(16-18)23-26-25-22(32-23)29-8-2-3-9-29/h2-3,6-9,15,18H,4-5,10-14,16H2,1H3/t18-/m1/s1. The van der Waals surface area contributed by atoms with Crippen LogP contribution in [0.15, 0.2) is 42.7 Å². The largest absolute Gasteiger partial charge is 0.368 e. The highest BCUT2D eigenvalue weighted by atomic mass is 35.5. The van der Waals surface area contributed by atoms with Gasteiger partial charge in [-0.3, -0.25) is 9.36 Å². The number of benzene rings is 1. The molecule has 5 rings (SSSR count). The predicted molar refractivity (Wildman–Crippen MR) is 129 cm³/mol. The number of amides is 1. The van der Waals surface area contributed by atoms with Crippen molar-refractivity contribution in [2.24, 2.45) is 5.92 Å². The molecule has 0 saturated carbocycles. The summed E-state index contributed by atoms with van der Waals surface area (Å²) in [5.41, 5.74) is 2.39. The molecule has 2 saturated heterocycles. The monoisotopic (exact) mass is 470 g/mol. The Bertz CT molecular complexity index is 1080. The molecule has 1 aromatic carbocycles. The van der Waals surface area contributed by atoms with E-state index in [1.54, 1.807) is 11.3 Å². The molecule has 2 aliphatic rings. The minimum Gasteiger partial charge on any atom is -0.368 e. The summed E-state index contributed by atoms with van der Waals surface area (Å²) in [5, 5.41) is 11.2. The first-order valence-corrected chi connectivity index (χ1v) is 12.3. The Morgan fingerprint density at radius 1 is 1.03 bits per heavy atom. The van der Waals surface area contributed by atoms with Crippen LogP contribution in [0.3, 0.4) is 0 Å². The van der Waals surface area contributed by atoms with Crippen molar-refractivity contribution in [2.75, 3.05) is 49.1 Å². The number of carbonyl (C=O) groups is 1. The molecule has 4 heterocycles. The van der Waals surface area contributed by atoms with Gasteiger partial charge in [0.15, 0.2) is 0 Å². The summed E-state index contributed by atoms with van der Waals surface area (Å²) < 4.78 is 1.97. The van der Waals surface area contributed by atoms with E-state index in [-0.39, 0.29) is 11.8 Å². The Balaban J connectivity index is 1.20. The van der Waals surface area contributed by atoms with Gasteiger partial charge in [0.05, 0.1) is 5.92 Å². The Labute approximate surface area is 197 Å². The molecular weight excluding hydrogens is 444 g/mol. The summed E-state index contributed by atoms with van der Waals surface area (Å²) in [6.07, 6.45) is 5.87. The van der Waals surface area contributed by atoms with Gasteiger partial charge in [0.1, 0.15) is 0 Å². The summed E-state index contributed by atoms with van der Waals surface area (Å²) in [5.74, 6) is 0.287. The number of hydrogen-bond acceptors (Lipinski definition) is 6. The molecule has 32 heavy (non-hydrogen) atoms. The van der Waals surface area contributed by atoms with Gasteiger partial charge in [0.2, 0.25) is 16.2 Å². The topological polar surface area (TPSA) is 57.5 Å². The number of carbonyl (C=O) groups excluding carboxylic acids is 1. The van der Waals surface area contributed by atoms with Crippen molar-refractivity contribution in [1.29, 1.82) is 0 Å². The summed E-state index contributed by atoms with van der Waals surface area (Å²) in [6.45, 7) is 6.91. The van der Waals surface area contributed by atoms with E-state index in [1.807, 2.05) is 46.1 Å². The second-order valence-corrected chi connectivity index (χ2v) is 9.86. The summed E-state index contributed by atoms with van der Waals surface area (Å²) in [4.78, 5) is 19.9. The number of nitrogens with zero attached hydrogens (tertiary/aromatic N) is 6. The highest BCUT2D eigenvalue weighted by Gasteiger charge is 2.32. The van der Waals surface area contributed by atoms with Crippen LogP contribution >= 0.6 is 22.9 Å². The zero-order chi connectivity index (χ0) is 22.1. The second kappa shape index (κ2) is 9.11. The number of rotatable bonds is 4. The SMILES string of the molecule is Cc1ccc(Cl)cc1N1CCN(C(=O)[C@@H]2CCCN(c3nnc(-n4cccc4)s3)C2)CC1. The van der Waals surface area contributed by atoms with Gasteiger partial charge >= 0.3 is 0 Å². The number of aryl methyl sites for hydroxylation is 1. The third-order valence-corrected chi connectivity index (χ3v) is 7.61. The molecule has 0 radical (unpaired) electrons. The third-order valence-electron chi connectivity index (χ3n) is 6.37. The first kappa shape index (κ1) is 21.3. The average molecular weight is 471 g/mol. The molecule has 0 bridgehead atoms. The molecule has 0 aliphatic carbocycles. The van der Waals surface area contributed by atoms with Gasteiger partial charge in [-0.25, -0.2) is 0 Å². The molecule has 0 spiro atoms. The van der Waals surface area contributed by atoms with Gasteiger partial charge < -0.3 is 14.7 Å². The second-order valence-electron chi connectivity index (χ2n) is 8.49. The molecule has 3 aromatic rings. The molecule has 9 heteroatoms. The van der Waals surface area contributed by atoms with E-state index in [9.17, 15) is 4.79 Å². The van der Waals surface area contributed by atoms with Crippen molar-refractivity contribution in [3.63, 3.8) is 0 Å². The summed E-state index contributed by atoms with van der Waals surface area (Å²) in [7, 11) is 0. The third kappa shape index (κ3) is 4.34. The molecule has 2 aromatic heterocycles. The fourth-order valence-electron chi connectivity index (χ4n) is 4.60. The number of aromatic nitrogens is 3. The molecule has 2 aliphatic heterocycles. The van der Waals surface area contributed by atoms with Crippen molar-refractivity contribution in [3.8, 4) is 5.13 Å². The molecular formula is C23H27ClN6OS. The maximum absolute atomic E-state index is 13.3. The van der Waals surface area contributed by atoms with E-state index in [0.717, 1.165) is 60.9 Å². The van der Waals surface area contributed by atoms with E-state index in [2.05, 4.69) is 33.0 Å². The Morgan fingerprint density at radius 3 is 2.56 bits per heavy atom. The minimum atomic E-state index is 0.0159. The van der Waals surface area contributed by atoms with Crippen LogP contribution in [-0.2, 0) is 4.79 Å². The number of hydrogen-bond donors (Lipinski definition) is 0. The van der Waals surface area contributed by atoms with E-state index >= 15 is 0 Å². The smallest absolute Gasteiger partial charge is 0.227 e. The fourth-order valence-corrected chi connectivity index (χ4v) is 5.62. The number of piperazine rings is 1. The average Bonchev–Trinajstić information content (AvgIpc) is 3.53. The van der Waals surface area contributed by atoms with Crippen molar-refractivity contribution in [2.45, 2.75) is 19.8 Å². The van der Waals surface area contributed by atoms with Gasteiger partial charge in [-0.1, -0.05) is 29.0 Å². The molecule has 2 fully saturated rings. The lowest BCUT2D eigenvalue weighted by molar-refractivity contribution is -0.136. The maximum Gasteiger partial charge on any atom is 0.227 e. The zero-order valence-corrected chi connectivity index (χ0v) is 19.7. The van der Waals surface area contributed by atoms with Crippen molar-refractivity contribution < 1.29 is 4.79 Å². The number of anilines is 2. The lowest BCUT2D eigenvalue weighted by Crippen LogP contribution is -2.52. The van der Waals surface area contributed by atoms with Gasteiger partial charge in [-0.15, -0.1) is 10.2 Å². The molecule has 7 nitrogen and oxygen atoms in total. The lowest BCUT2D eigenvalue weighted by atomic mass is 9.96. The van der Waals surface area contributed by atoms with Crippen LogP contribution in [0.2, 0.25) is 5.02 Å². The molecule has 0 unspecified atom stereocenters. The molecule has 0 N–H and O–H groups in total. The predicted octanol–water partition coefficient (Wildman–Crippen LogP) is 3.86. The van der Waals surface area contributed by atoms with Gasteiger partial charge in [0.25, 0.3) is 0 Å². The van der Waals surface area contributed by atoms with Crippen molar-refractivity contribution in [1.82, 2.24) is 19.7 Å². The highest BCUT2D eigenvalue weighted by Crippen LogP contribution is 2.30. The maximum atomic E-state index is 13.3. The zero-order valence-electron chi connectivity index (χ0n) is 18.2. The molecule has 168 valence electrons. The van der Waals surface area contributed by atoms with Crippen LogP contribution in [0.1, 0.15) is 18.4 Å². The summed E-state index contributed by atoms with van der Waals surface area (Å²) >= 11 is 7.78. The van der Waals surface area contributed by atoms with Crippen LogP contribution in [0.4, 0.5) is 10.8 Å². The number of halogens is 1. The summed E-state index contributed by atoms with van der Waals surface area (Å²) in [6, 6.07) is 9.96. The van der Waals surface area contributed by atoms with E-state index < -0.39 is 0 Å². The molecule has 1 atom stereocenters. The van der Waals surface area contributed by atoms with Gasteiger partial charge in [-0.2, -0.15) is 0 Å². The van der Waals surface area contributed by atoms with E-state index in [0.29, 0.717) is 6.54 Å². The Kier molecular flexibility index (Phi) is 6.06. The Hall–Kier alpha value is -2.58. The van der Waals surface area contributed by atoms with Crippen LogP contribution in [-0.4, -0.2) is 64.8 Å². The quantitative estimate of drug-likeness (QED) is 0.579. The van der Waals surface area contributed by atoms with Gasteiger partial charge in [0, 0.05) is 62.4 Å². The number of piperidine rings is 1. The lowest BCUT2D eigenvalue weighted by Gasteiger charge is -2.40. The van der Waals surface area contributed by atoms with Crippen LogP contribution < -0.4 is 9.80 Å². The normalized spacial score (nSPS) is 19.4. The van der Waals surface area contributed by atoms with Crippen LogP contribution in [0.25, 0.3) is 5.13 Å². The van der Waals surface area contributed by atoms with Crippen LogP contribution in [0.5, 0.6) is 0 Å². The van der Waals surface area contributed by atoms with Crippen molar-refractivity contribution >= 4 is 39.7 Å². The highest BCUT2D eigenvalue weighted by molar-refractivity contribution is 7.17. The van der Waals surface area contributed by atoms with Crippen molar-refractivity contribution in [3.05, 3.63) is 53.3 Å². The Morgan fingerprint density at radius 2 is 1.78 bits per heavy atom. The van der Waals surface area contributed by atoms with E-state index in [1.165, 1.54) is 11.3 Å². The first-order chi connectivity index (χ1) is 15.6. The fraction of sp³-hybridized carbons (Fsp3) is 0.435. The molecule has 1 amide bonds. The van der Waals surface area contributed by atoms with E-state index in [4.69, 9.17) is 11.6 Å². The van der Waals surface area contributed by atoms with Crippen LogP contribution in [0, 0.1) is 12.8 Å². The van der Waals surface area contributed by atoms with Gasteiger partial charge in [-0.05, 0) is 49.6 Å². The minimum absolute atomic E-state index is 0.0159.